The Morgan fingerprint density at radius 2 is 1.77 bits per heavy atom. The van der Waals surface area contributed by atoms with Gasteiger partial charge in [0.15, 0.2) is 5.82 Å². The maximum atomic E-state index is 12.0. The zero-order valence-corrected chi connectivity index (χ0v) is 19.2. The first kappa shape index (κ1) is 23.8. The number of anilines is 2. The van der Waals surface area contributed by atoms with Crippen LogP contribution in [0, 0.1) is 0 Å². The van der Waals surface area contributed by atoms with Crippen molar-refractivity contribution in [2.75, 3.05) is 17.7 Å². The minimum atomic E-state index is -4.13. The molecule has 2 N–H and O–H groups in total. The molecule has 30 heavy (non-hydrogen) atoms. The van der Waals surface area contributed by atoms with E-state index >= 15 is 0 Å². The number of aromatic nitrogens is 3. The number of carbonyl (C=O) groups excluding carboxylic acids is 2. The summed E-state index contributed by atoms with van der Waals surface area (Å²) in [5.74, 6) is -0.800. The summed E-state index contributed by atoms with van der Waals surface area (Å²) in [5, 5.41) is 5.01. The van der Waals surface area contributed by atoms with E-state index in [1.807, 2.05) is 13.8 Å². The van der Waals surface area contributed by atoms with Crippen LogP contribution in [0.1, 0.15) is 39.3 Å². The molecule has 2 aromatic rings. The molecule has 10 nitrogen and oxygen atoms in total. The van der Waals surface area contributed by atoms with Crippen molar-refractivity contribution in [2.45, 2.75) is 48.3 Å². The molecule has 2 heterocycles. The van der Waals surface area contributed by atoms with E-state index in [1.165, 1.54) is 33.2 Å². The van der Waals surface area contributed by atoms with Crippen LogP contribution < -0.4 is 15.4 Å². The number of rotatable bonds is 7. The van der Waals surface area contributed by atoms with Crippen LogP contribution in [0.25, 0.3) is 0 Å². The topological polar surface area (TPSA) is 140 Å². The SMILES string of the molecule is COc1nc(C(C)C)c(Sc2cnc(NC(C)=O)nc2NC(C)=O)cc1S(=O)(=O)Cl. The number of amides is 2. The molecular formula is C17H20ClN5O5S2. The number of nitrogens with zero attached hydrogens (tertiary/aromatic N) is 3. The lowest BCUT2D eigenvalue weighted by Gasteiger charge is -2.16. The van der Waals surface area contributed by atoms with Gasteiger partial charge >= 0.3 is 0 Å². The van der Waals surface area contributed by atoms with Gasteiger partial charge in [-0.25, -0.2) is 18.4 Å². The normalized spacial score (nSPS) is 11.3. The van der Waals surface area contributed by atoms with E-state index < -0.39 is 9.05 Å². The van der Waals surface area contributed by atoms with E-state index in [-0.39, 0.29) is 40.3 Å². The average Bonchev–Trinajstić information content (AvgIpc) is 2.61. The van der Waals surface area contributed by atoms with Gasteiger partial charge in [0.1, 0.15) is 4.90 Å². The van der Waals surface area contributed by atoms with Crippen LogP contribution in [0.3, 0.4) is 0 Å². The molecule has 162 valence electrons. The van der Waals surface area contributed by atoms with Crippen LogP contribution in [0.15, 0.2) is 26.9 Å². The maximum Gasteiger partial charge on any atom is 0.266 e. The summed E-state index contributed by atoms with van der Waals surface area (Å²) in [6, 6.07) is 1.35. The van der Waals surface area contributed by atoms with Crippen molar-refractivity contribution >= 4 is 55.1 Å². The van der Waals surface area contributed by atoms with Crippen molar-refractivity contribution in [1.29, 1.82) is 0 Å². The van der Waals surface area contributed by atoms with Gasteiger partial charge in [-0.2, -0.15) is 4.98 Å². The fraction of sp³-hybridized carbons (Fsp3) is 0.353. The van der Waals surface area contributed by atoms with Crippen molar-refractivity contribution in [3.8, 4) is 5.88 Å². The third-order valence-corrected chi connectivity index (χ3v) is 5.89. The molecule has 2 amide bonds. The smallest absolute Gasteiger partial charge is 0.266 e. The van der Waals surface area contributed by atoms with Gasteiger partial charge in [-0.3, -0.25) is 14.9 Å². The molecule has 0 bridgehead atoms. The lowest BCUT2D eigenvalue weighted by molar-refractivity contribution is -0.115. The van der Waals surface area contributed by atoms with E-state index in [9.17, 15) is 18.0 Å². The van der Waals surface area contributed by atoms with E-state index in [0.29, 0.717) is 15.5 Å². The monoisotopic (exact) mass is 473 g/mol. The number of methoxy groups -OCH3 is 1. The van der Waals surface area contributed by atoms with E-state index in [2.05, 4.69) is 25.6 Å². The summed E-state index contributed by atoms with van der Waals surface area (Å²) in [4.78, 5) is 36.0. The predicted molar refractivity (Wildman–Crippen MR) is 113 cm³/mol. The highest BCUT2D eigenvalue weighted by Gasteiger charge is 2.24. The predicted octanol–water partition coefficient (Wildman–Crippen LogP) is 3.00. The molecular weight excluding hydrogens is 454 g/mol. The molecule has 0 spiro atoms. The molecule has 0 aromatic carbocycles. The standard InChI is InChI=1S/C17H20ClN5O5S2/c1-8(2)14-11(6-13(30(18,26)27)16(22-14)28-5)29-12-7-19-17(21-10(4)25)23-15(12)20-9(3)24/h6-8H,1-5H3,(H2,19,20,21,23,24,25). The Morgan fingerprint density at radius 1 is 1.13 bits per heavy atom. The number of carbonyl (C=O) groups is 2. The largest absolute Gasteiger partial charge is 0.480 e. The van der Waals surface area contributed by atoms with Crippen LogP contribution >= 0.6 is 22.4 Å². The molecule has 0 saturated carbocycles. The minimum absolute atomic E-state index is 0.0107. The summed E-state index contributed by atoms with van der Waals surface area (Å²) in [7, 11) is 2.71. The number of hydrogen-bond donors (Lipinski definition) is 2. The van der Waals surface area contributed by atoms with Crippen molar-refractivity contribution in [3.63, 3.8) is 0 Å². The van der Waals surface area contributed by atoms with Crippen LogP contribution in [0.5, 0.6) is 5.88 Å². The average molecular weight is 474 g/mol. The molecule has 0 saturated heterocycles. The molecule has 0 radical (unpaired) electrons. The van der Waals surface area contributed by atoms with Gasteiger partial charge in [0.05, 0.1) is 17.7 Å². The van der Waals surface area contributed by atoms with Crippen LogP contribution in [0.4, 0.5) is 11.8 Å². The highest BCUT2D eigenvalue weighted by atomic mass is 35.7. The molecule has 0 aliphatic rings. The zero-order chi connectivity index (χ0) is 22.6. The zero-order valence-electron chi connectivity index (χ0n) is 16.8. The van der Waals surface area contributed by atoms with Crippen molar-refractivity contribution in [3.05, 3.63) is 18.0 Å². The second-order valence-corrected chi connectivity index (χ2v) is 9.96. The fourth-order valence-electron chi connectivity index (χ4n) is 2.33. The summed E-state index contributed by atoms with van der Waals surface area (Å²) >= 11 is 1.09. The number of pyridine rings is 1. The quantitative estimate of drug-likeness (QED) is 0.580. The Balaban J connectivity index is 2.62. The molecule has 2 rings (SSSR count). The first-order valence-electron chi connectivity index (χ1n) is 8.56. The number of nitrogens with one attached hydrogen (secondary N) is 2. The second-order valence-electron chi connectivity index (χ2n) is 6.34. The first-order chi connectivity index (χ1) is 13.9. The molecule has 0 aliphatic carbocycles. The van der Waals surface area contributed by atoms with Crippen LogP contribution in [-0.4, -0.2) is 42.3 Å². The highest BCUT2D eigenvalue weighted by molar-refractivity contribution is 8.13. The van der Waals surface area contributed by atoms with E-state index in [0.717, 1.165) is 11.8 Å². The minimum Gasteiger partial charge on any atom is -0.480 e. The summed E-state index contributed by atoms with van der Waals surface area (Å²) in [5.41, 5.74) is 0.556. The van der Waals surface area contributed by atoms with Crippen molar-refractivity contribution < 1.29 is 22.7 Å². The van der Waals surface area contributed by atoms with Gasteiger partial charge in [0, 0.05) is 35.6 Å². The van der Waals surface area contributed by atoms with Crippen molar-refractivity contribution in [1.82, 2.24) is 15.0 Å². The van der Waals surface area contributed by atoms with Gasteiger partial charge in [0.2, 0.25) is 23.6 Å². The highest BCUT2D eigenvalue weighted by Crippen LogP contribution is 2.40. The Kier molecular flexibility index (Phi) is 7.61. The maximum absolute atomic E-state index is 12.0. The Labute approximate surface area is 182 Å². The van der Waals surface area contributed by atoms with E-state index in [1.54, 1.807) is 0 Å². The Morgan fingerprint density at radius 3 is 2.27 bits per heavy atom. The summed E-state index contributed by atoms with van der Waals surface area (Å²) < 4.78 is 29.0. The van der Waals surface area contributed by atoms with Crippen molar-refractivity contribution in [2.24, 2.45) is 0 Å². The molecule has 0 fully saturated rings. The molecule has 2 aromatic heterocycles. The summed E-state index contributed by atoms with van der Waals surface area (Å²) in [6.45, 7) is 6.37. The molecule has 0 unspecified atom stereocenters. The summed E-state index contributed by atoms with van der Waals surface area (Å²) in [6.07, 6.45) is 1.40. The molecule has 13 heteroatoms. The van der Waals surface area contributed by atoms with E-state index in [4.69, 9.17) is 15.4 Å². The van der Waals surface area contributed by atoms with Gasteiger partial charge in [0.25, 0.3) is 9.05 Å². The van der Waals surface area contributed by atoms with Crippen LogP contribution in [-0.2, 0) is 18.6 Å². The Bertz CT molecular complexity index is 1090. The molecule has 0 atom stereocenters. The number of halogens is 1. The Hall–Kier alpha value is -2.44. The third-order valence-electron chi connectivity index (χ3n) is 3.51. The van der Waals surface area contributed by atoms with Gasteiger partial charge in [-0.15, -0.1) is 0 Å². The van der Waals surface area contributed by atoms with Gasteiger partial charge in [-0.1, -0.05) is 25.6 Å². The first-order valence-corrected chi connectivity index (χ1v) is 11.7. The van der Waals surface area contributed by atoms with Crippen LogP contribution in [0.2, 0.25) is 0 Å². The lowest BCUT2D eigenvalue weighted by Crippen LogP contribution is -2.13. The van der Waals surface area contributed by atoms with Gasteiger partial charge in [-0.05, 0) is 12.0 Å². The lowest BCUT2D eigenvalue weighted by atomic mass is 10.1. The second kappa shape index (κ2) is 9.58. The fourth-order valence-corrected chi connectivity index (χ4v) is 4.43. The number of ether oxygens (including phenoxy) is 1. The molecule has 0 aliphatic heterocycles. The van der Waals surface area contributed by atoms with Gasteiger partial charge < -0.3 is 10.1 Å². The number of hydrogen-bond acceptors (Lipinski definition) is 9. The third kappa shape index (κ3) is 6.03.